The van der Waals surface area contributed by atoms with E-state index >= 15 is 0 Å². The van der Waals surface area contributed by atoms with Crippen LogP contribution in [0.1, 0.15) is 63.5 Å². The summed E-state index contributed by atoms with van der Waals surface area (Å²) < 4.78 is 6.71. The minimum atomic E-state index is -0.0240. The van der Waals surface area contributed by atoms with Crippen molar-refractivity contribution in [3.05, 3.63) is 205 Å². The second kappa shape index (κ2) is 17.7. The van der Waals surface area contributed by atoms with Crippen molar-refractivity contribution in [2.75, 3.05) is 7.05 Å². The molecule has 62 heavy (non-hydrogen) atoms. The number of para-hydroxylation sites is 1. The van der Waals surface area contributed by atoms with Crippen LogP contribution in [0.3, 0.4) is 0 Å². The molecule has 0 spiro atoms. The smallest absolute Gasteiger partial charge is 0.164 e. The van der Waals surface area contributed by atoms with Gasteiger partial charge in [0, 0.05) is 41.1 Å². The maximum Gasteiger partial charge on any atom is 0.164 e. The van der Waals surface area contributed by atoms with E-state index in [1.807, 2.05) is 39.8 Å². The summed E-state index contributed by atoms with van der Waals surface area (Å²) in [5, 5.41) is 4.84. The molecular weight excluding hydrogens is 757 g/mol. The Balaban J connectivity index is 0.00000119. The van der Waals surface area contributed by atoms with Gasteiger partial charge in [0.05, 0.1) is 0 Å². The van der Waals surface area contributed by atoms with Gasteiger partial charge in [0.1, 0.15) is 17.6 Å². The molecule has 11 rings (SSSR count). The van der Waals surface area contributed by atoms with Gasteiger partial charge >= 0.3 is 0 Å². The monoisotopic (exact) mass is 806 g/mol. The number of hydrogen-bond donors (Lipinski definition) is 0. The summed E-state index contributed by atoms with van der Waals surface area (Å²) in [5.74, 6) is 3.74. The van der Waals surface area contributed by atoms with Crippen molar-refractivity contribution in [1.82, 2.24) is 19.9 Å². The first-order valence-corrected chi connectivity index (χ1v) is 21.9. The highest BCUT2D eigenvalue weighted by molar-refractivity contribution is 6.14. The van der Waals surface area contributed by atoms with Crippen LogP contribution in [-0.4, -0.2) is 26.9 Å². The van der Waals surface area contributed by atoms with Crippen molar-refractivity contribution < 1.29 is 4.74 Å². The van der Waals surface area contributed by atoms with Gasteiger partial charge in [-0.2, -0.15) is 0 Å². The maximum atomic E-state index is 6.71. The Morgan fingerprint density at radius 1 is 0.516 bits per heavy atom. The number of aromatic nitrogens is 3. The highest BCUT2D eigenvalue weighted by atomic mass is 16.5. The van der Waals surface area contributed by atoms with Gasteiger partial charge in [-0.05, 0) is 98.6 Å². The molecule has 8 aromatic rings. The predicted molar refractivity (Wildman–Crippen MR) is 259 cm³/mol. The lowest BCUT2D eigenvalue weighted by molar-refractivity contribution is 0.317. The average molecular weight is 807 g/mol. The van der Waals surface area contributed by atoms with Crippen LogP contribution in [0.25, 0.3) is 77.7 Å². The van der Waals surface area contributed by atoms with Crippen LogP contribution in [0.2, 0.25) is 0 Å². The van der Waals surface area contributed by atoms with E-state index < -0.39 is 0 Å². The van der Waals surface area contributed by atoms with E-state index in [9.17, 15) is 0 Å². The van der Waals surface area contributed by atoms with Crippen LogP contribution in [0.4, 0.5) is 0 Å². The standard InChI is InChI=1S/C53H38N4O.2C2H6/c1-57-29-28-43(50-49(57)46-22-12-13-23-48(46)58-50)39-30-40(47-33-38-18-8-9-19-42(38)44-20-10-11-21-45(44)47)32-41(31-39)53-55-51(36-16-6-3-7-17-36)54-52(56-53)37-26-24-35(25-27-37)34-14-4-2-5-15-34;2*1-2/h2,4-6,8-33,49H,3,7H2,1H3;2*1-2H3. The number of nitrogens with zero attached hydrogens (tertiary/aromatic N) is 4. The summed E-state index contributed by atoms with van der Waals surface area (Å²) in [6.45, 7) is 8.00. The molecule has 2 aliphatic heterocycles. The Kier molecular flexibility index (Phi) is 11.4. The summed E-state index contributed by atoms with van der Waals surface area (Å²) in [6, 6.07) is 53.7. The minimum Gasteiger partial charge on any atom is -0.458 e. The fraction of sp³-hybridized carbons (Fsp3) is 0.140. The van der Waals surface area contributed by atoms with Crippen LogP contribution in [0.5, 0.6) is 5.75 Å². The molecule has 0 saturated heterocycles. The molecule has 0 fully saturated rings. The fourth-order valence-electron chi connectivity index (χ4n) is 8.67. The second-order valence-electron chi connectivity index (χ2n) is 15.2. The zero-order valence-electron chi connectivity index (χ0n) is 36.0. The molecule has 3 heterocycles. The van der Waals surface area contributed by atoms with Gasteiger partial charge in [-0.25, -0.2) is 15.0 Å². The van der Waals surface area contributed by atoms with Gasteiger partial charge in [-0.1, -0.05) is 167 Å². The molecule has 1 aliphatic carbocycles. The zero-order valence-corrected chi connectivity index (χ0v) is 36.0. The topological polar surface area (TPSA) is 51.1 Å². The Morgan fingerprint density at radius 2 is 1.13 bits per heavy atom. The van der Waals surface area contributed by atoms with Crippen molar-refractivity contribution in [3.63, 3.8) is 0 Å². The lowest BCUT2D eigenvalue weighted by atomic mass is 9.89. The lowest BCUT2D eigenvalue weighted by Crippen LogP contribution is -2.22. The number of allylic oxidation sites excluding steroid dienone is 6. The minimum absolute atomic E-state index is 0.0240. The van der Waals surface area contributed by atoms with E-state index in [1.54, 1.807) is 0 Å². The molecule has 5 nitrogen and oxygen atoms in total. The predicted octanol–water partition coefficient (Wildman–Crippen LogP) is 14.9. The van der Waals surface area contributed by atoms with Gasteiger partial charge < -0.3 is 9.64 Å². The number of hydrogen-bond acceptors (Lipinski definition) is 5. The average Bonchev–Trinajstić information content (AvgIpc) is 3.76. The van der Waals surface area contributed by atoms with E-state index in [-0.39, 0.29) is 6.04 Å². The molecule has 0 amide bonds. The number of benzene rings is 7. The molecule has 1 aromatic heterocycles. The van der Waals surface area contributed by atoms with Crippen LogP contribution in [0.15, 0.2) is 188 Å². The maximum absolute atomic E-state index is 6.71. The first-order chi connectivity index (χ1) is 30.6. The summed E-state index contributed by atoms with van der Waals surface area (Å²) in [7, 11) is 2.11. The van der Waals surface area contributed by atoms with Crippen molar-refractivity contribution in [2.45, 2.75) is 46.6 Å². The SMILES string of the molecule is CC.CC.CN1C=CC(c2cc(-c3nc(C4=CCCC=C4)nc(-c4ccc(-c5ccccc5)cc4)n3)cc(-c3cc4ccccc4c4ccccc34)c2)=C2Oc3ccccc3C21. The summed E-state index contributed by atoms with van der Waals surface area (Å²) in [6.07, 6.45) is 12.9. The fourth-order valence-corrected chi connectivity index (χ4v) is 8.67. The van der Waals surface area contributed by atoms with Crippen LogP contribution >= 0.6 is 0 Å². The van der Waals surface area contributed by atoms with Crippen LogP contribution in [-0.2, 0) is 0 Å². The van der Waals surface area contributed by atoms with Crippen molar-refractivity contribution in [3.8, 4) is 50.8 Å². The Bertz CT molecular complexity index is 3050. The van der Waals surface area contributed by atoms with Crippen LogP contribution in [0, 0.1) is 0 Å². The molecule has 1 atom stereocenters. The van der Waals surface area contributed by atoms with E-state index in [4.69, 9.17) is 19.7 Å². The lowest BCUT2D eigenvalue weighted by Gasteiger charge is -2.28. The number of fused-ring (bicyclic) bond motifs is 6. The third-order valence-electron chi connectivity index (χ3n) is 11.6. The molecule has 3 aliphatic rings. The Labute approximate surface area is 365 Å². The van der Waals surface area contributed by atoms with Gasteiger partial charge in [-0.3, -0.25) is 0 Å². The van der Waals surface area contributed by atoms with E-state index in [1.165, 1.54) is 27.1 Å². The zero-order chi connectivity index (χ0) is 42.6. The number of likely N-dealkylation sites (N-methyl/N-ethyl adjacent to an activating group) is 1. The molecule has 304 valence electrons. The second-order valence-corrected chi connectivity index (χ2v) is 15.2. The van der Waals surface area contributed by atoms with E-state index in [2.05, 4.69) is 182 Å². The normalized spacial score (nSPS) is 14.9. The quantitative estimate of drug-likeness (QED) is 0.157. The Morgan fingerprint density at radius 3 is 1.90 bits per heavy atom. The van der Waals surface area contributed by atoms with Gasteiger partial charge in [0.2, 0.25) is 0 Å². The molecule has 0 bridgehead atoms. The highest BCUT2D eigenvalue weighted by Gasteiger charge is 2.36. The molecule has 5 heteroatoms. The summed E-state index contributed by atoms with van der Waals surface area (Å²) in [4.78, 5) is 17.9. The van der Waals surface area contributed by atoms with Gasteiger partial charge in [0.25, 0.3) is 0 Å². The highest BCUT2D eigenvalue weighted by Crippen LogP contribution is 2.48. The molecule has 0 saturated carbocycles. The van der Waals surface area contributed by atoms with Crippen molar-refractivity contribution in [2.24, 2.45) is 0 Å². The van der Waals surface area contributed by atoms with E-state index in [0.717, 1.165) is 74.4 Å². The van der Waals surface area contributed by atoms with Crippen LogP contribution < -0.4 is 4.74 Å². The first-order valence-electron chi connectivity index (χ1n) is 21.9. The third kappa shape index (κ3) is 7.52. The van der Waals surface area contributed by atoms with Gasteiger partial charge in [-0.15, -0.1) is 0 Å². The van der Waals surface area contributed by atoms with Crippen molar-refractivity contribution >= 4 is 32.7 Å². The number of rotatable bonds is 6. The van der Waals surface area contributed by atoms with E-state index in [0.29, 0.717) is 17.5 Å². The van der Waals surface area contributed by atoms with Gasteiger partial charge in [0.15, 0.2) is 17.5 Å². The first kappa shape index (κ1) is 40.1. The third-order valence-corrected chi connectivity index (χ3v) is 11.6. The molecule has 0 radical (unpaired) electrons. The molecule has 1 unspecified atom stereocenters. The molecule has 7 aromatic carbocycles. The molecule has 0 N–H and O–H groups in total. The largest absolute Gasteiger partial charge is 0.458 e. The molecular formula is C57H50N4O. The summed E-state index contributed by atoms with van der Waals surface area (Å²) >= 11 is 0. The summed E-state index contributed by atoms with van der Waals surface area (Å²) in [5.41, 5.74) is 10.6. The van der Waals surface area contributed by atoms with Crippen molar-refractivity contribution in [1.29, 1.82) is 0 Å². The number of ether oxygens (including phenoxy) is 1. The Hall–Kier alpha value is -7.37.